The Morgan fingerprint density at radius 3 is 2.46 bits per heavy atom. The van der Waals surface area contributed by atoms with Gasteiger partial charge in [-0.05, 0) is 17.2 Å². The van der Waals surface area contributed by atoms with Crippen LogP contribution in [0.4, 0.5) is 13.2 Å². The summed E-state index contributed by atoms with van der Waals surface area (Å²) >= 11 is 0. The summed E-state index contributed by atoms with van der Waals surface area (Å²) in [5, 5.41) is 2.50. The number of hydrogen-bond donors (Lipinski definition) is 1. The fourth-order valence-electron chi connectivity index (χ4n) is 2.51. The molecule has 0 unspecified atom stereocenters. The van der Waals surface area contributed by atoms with E-state index in [-0.39, 0.29) is 18.4 Å². The standard InChI is InChI=1S/C19H19F3N2O4/c1-27-17-7-6-13(11-23-17)9-15(18(26)28-2)24-16(25)10-12-4-3-5-14(8-12)19(20,21)22/h3-8,11,15H,9-10H2,1-2H3,(H,24,25)/t15-/m1/s1. The first-order chi connectivity index (χ1) is 13.2. The number of carbonyl (C=O) groups is 2. The lowest BCUT2D eigenvalue weighted by molar-refractivity contribution is -0.145. The number of esters is 1. The normalized spacial score (nSPS) is 12.2. The zero-order valence-corrected chi connectivity index (χ0v) is 15.2. The van der Waals surface area contributed by atoms with Gasteiger partial charge in [0.05, 0.1) is 26.2 Å². The molecule has 0 radical (unpaired) electrons. The molecule has 0 aliphatic carbocycles. The maximum atomic E-state index is 12.8. The molecule has 0 bridgehead atoms. The van der Waals surface area contributed by atoms with Crippen molar-refractivity contribution in [2.24, 2.45) is 0 Å². The van der Waals surface area contributed by atoms with Crippen molar-refractivity contribution < 1.29 is 32.2 Å². The quantitative estimate of drug-likeness (QED) is 0.728. The van der Waals surface area contributed by atoms with Crippen molar-refractivity contribution >= 4 is 11.9 Å². The maximum Gasteiger partial charge on any atom is 0.416 e. The van der Waals surface area contributed by atoms with Crippen LogP contribution in [-0.2, 0) is 33.3 Å². The molecule has 9 heteroatoms. The summed E-state index contributed by atoms with van der Waals surface area (Å²) in [6.07, 6.45) is -3.20. The first kappa shape index (κ1) is 21.2. The molecule has 0 saturated carbocycles. The van der Waals surface area contributed by atoms with Crippen molar-refractivity contribution in [3.63, 3.8) is 0 Å². The molecule has 0 saturated heterocycles. The lowest BCUT2D eigenvalue weighted by atomic mass is 10.1. The first-order valence-electron chi connectivity index (χ1n) is 8.25. The number of hydrogen-bond acceptors (Lipinski definition) is 5. The van der Waals surface area contributed by atoms with Gasteiger partial charge in [0.25, 0.3) is 0 Å². The Bertz CT molecular complexity index is 823. The van der Waals surface area contributed by atoms with Crippen LogP contribution in [0, 0.1) is 0 Å². The minimum atomic E-state index is -4.50. The number of methoxy groups -OCH3 is 2. The summed E-state index contributed by atoms with van der Waals surface area (Å²) in [6, 6.07) is 6.75. The molecule has 150 valence electrons. The van der Waals surface area contributed by atoms with Crippen LogP contribution in [0.5, 0.6) is 5.88 Å². The highest BCUT2D eigenvalue weighted by atomic mass is 19.4. The highest BCUT2D eigenvalue weighted by Crippen LogP contribution is 2.29. The number of aromatic nitrogens is 1. The van der Waals surface area contributed by atoms with Crippen LogP contribution in [0.1, 0.15) is 16.7 Å². The number of nitrogens with one attached hydrogen (secondary N) is 1. The minimum absolute atomic E-state index is 0.109. The molecule has 1 N–H and O–H groups in total. The van der Waals surface area contributed by atoms with Gasteiger partial charge in [0, 0.05) is 18.7 Å². The van der Waals surface area contributed by atoms with E-state index in [1.807, 2.05) is 0 Å². The van der Waals surface area contributed by atoms with Gasteiger partial charge in [-0.3, -0.25) is 4.79 Å². The molecule has 1 heterocycles. The lowest BCUT2D eigenvalue weighted by Gasteiger charge is -2.17. The van der Waals surface area contributed by atoms with Gasteiger partial charge in [-0.25, -0.2) is 9.78 Å². The van der Waals surface area contributed by atoms with Crippen LogP contribution in [0.2, 0.25) is 0 Å². The average Bonchev–Trinajstić information content (AvgIpc) is 2.67. The van der Waals surface area contributed by atoms with E-state index >= 15 is 0 Å². The third-order valence-corrected chi connectivity index (χ3v) is 3.89. The Kier molecular flexibility index (Phi) is 6.97. The molecule has 6 nitrogen and oxygen atoms in total. The SMILES string of the molecule is COC(=O)[C@@H](Cc1ccc(OC)nc1)NC(=O)Cc1cccc(C(F)(F)F)c1. The van der Waals surface area contributed by atoms with Gasteiger partial charge >= 0.3 is 12.1 Å². The van der Waals surface area contributed by atoms with Crippen LogP contribution >= 0.6 is 0 Å². The lowest BCUT2D eigenvalue weighted by Crippen LogP contribution is -2.43. The molecule has 28 heavy (non-hydrogen) atoms. The molecule has 0 aliphatic heterocycles. The second-order valence-corrected chi connectivity index (χ2v) is 5.93. The number of carbonyl (C=O) groups excluding carboxylic acids is 2. The van der Waals surface area contributed by atoms with Crippen LogP contribution < -0.4 is 10.1 Å². The largest absolute Gasteiger partial charge is 0.481 e. The number of alkyl halides is 3. The third-order valence-electron chi connectivity index (χ3n) is 3.89. The minimum Gasteiger partial charge on any atom is -0.481 e. The van der Waals surface area contributed by atoms with Gasteiger partial charge < -0.3 is 14.8 Å². The van der Waals surface area contributed by atoms with Gasteiger partial charge in [0.2, 0.25) is 11.8 Å². The van der Waals surface area contributed by atoms with Crippen LogP contribution in [-0.4, -0.2) is 37.1 Å². The molecule has 2 rings (SSSR count). The summed E-state index contributed by atoms with van der Waals surface area (Å²) in [5.74, 6) is -0.878. The van der Waals surface area contributed by atoms with Gasteiger partial charge in [0.1, 0.15) is 6.04 Å². The van der Waals surface area contributed by atoms with Gasteiger partial charge in [0.15, 0.2) is 0 Å². The van der Waals surface area contributed by atoms with E-state index in [1.54, 1.807) is 12.1 Å². The fraction of sp³-hybridized carbons (Fsp3) is 0.316. The molecule has 0 fully saturated rings. The van der Waals surface area contributed by atoms with Crippen molar-refractivity contribution in [3.05, 3.63) is 59.3 Å². The smallest absolute Gasteiger partial charge is 0.416 e. The molecular weight excluding hydrogens is 377 g/mol. The number of pyridine rings is 1. The zero-order chi connectivity index (χ0) is 20.7. The van der Waals surface area contributed by atoms with Crippen molar-refractivity contribution in [1.82, 2.24) is 10.3 Å². The first-order valence-corrected chi connectivity index (χ1v) is 8.25. The fourth-order valence-corrected chi connectivity index (χ4v) is 2.51. The molecule has 1 atom stereocenters. The van der Waals surface area contributed by atoms with Crippen LogP contribution in [0.25, 0.3) is 0 Å². The Hall–Kier alpha value is -3.10. The number of nitrogens with zero attached hydrogens (tertiary/aromatic N) is 1. The Morgan fingerprint density at radius 2 is 1.89 bits per heavy atom. The molecule has 1 amide bonds. The topological polar surface area (TPSA) is 77.5 Å². The van der Waals surface area contributed by atoms with E-state index in [0.29, 0.717) is 11.4 Å². The molecule has 1 aromatic carbocycles. The summed E-state index contributed by atoms with van der Waals surface area (Å²) in [5.41, 5.74) is -0.00995. The van der Waals surface area contributed by atoms with Crippen molar-refractivity contribution in [3.8, 4) is 5.88 Å². The summed E-state index contributed by atoms with van der Waals surface area (Å²) in [6.45, 7) is 0. The van der Waals surface area contributed by atoms with E-state index in [2.05, 4.69) is 10.3 Å². The predicted molar refractivity (Wildman–Crippen MR) is 93.6 cm³/mol. The predicted octanol–water partition coefficient (Wildman–Crippen LogP) is 2.55. The van der Waals surface area contributed by atoms with Gasteiger partial charge in [-0.2, -0.15) is 13.2 Å². The van der Waals surface area contributed by atoms with E-state index in [1.165, 1.54) is 32.5 Å². The van der Waals surface area contributed by atoms with Crippen molar-refractivity contribution in [1.29, 1.82) is 0 Å². The second-order valence-electron chi connectivity index (χ2n) is 5.93. The monoisotopic (exact) mass is 396 g/mol. The van der Waals surface area contributed by atoms with E-state index in [0.717, 1.165) is 12.1 Å². The molecule has 0 spiro atoms. The second kappa shape index (κ2) is 9.20. The van der Waals surface area contributed by atoms with Crippen LogP contribution in [0.15, 0.2) is 42.6 Å². The van der Waals surface area contributed by atoms with E-state index in [4.69, 9.17) is 9.47 Å². The number of amides is 1. The van der Waals surface area contributed by atoms with Gasteiger partial charge in [-0.15, -0.1) is 0 Å². The zero-order valence-electron chi connectivity index (χ0n) is 15.2. The Labute approximate surface area is 159 Å². The molecule has 1 aromatic heterocycles. The summed E-state index contributed by atoms with van der Waals surface area (Å²) < 4.78 is 48.0. The molecular formula is C19H19F3N2O4. The Morgan fingerprint density at radius 1 is 1.14 bits per heavy atom. The average molecular weight is 396 g/mol. The molecule has 0 aliphatic rings. The Balaban J connectivity index is 2.07. The number of rotatable bonds is 7. The number of ether oxygens (including phenoxy) is 2. The highest BCUT2D eigenvalue weighted by molar-refractivity contribution is 5.85. The van der Waals surface area contributed by atoms with Crippen molar-refractivity contribution in [2.75, 3.05) is 14.2 Å². The van der Waals surface area contributed by atoms with E-state index in [9.17, 15) is 22.8 Å². The number of halogens is 3. The van der Waals surface area contributed by atoms with Crippen LogP contribution in [0.3, 0.4) is 0 Å². The number of benzene rings is 1. The third kappa shape index (κ3) is 5.97. The maximum absolute atomic E-state index is 12.8. The summed E-state index contributed by atoms with van der Waals surface area (Å²) in [4.78, 5) is 28.3. The summed E-state index contributed by atoms with van der Waals surface area (Å²) in [7, 11) is 2.65. The molecule has 2 aromatic rings. The highest BCUT2D eigenvalue weighted by Gasteiger charge is 2.30. The van der Waals surface area contributed by atoms with Crippen molar-refractivity contribution in [2.45, 2.75) is 25.1 Å². The van der Waals surface area contributed by atoms with E-state index < -0.39 is 29.7 Å². The van der Waals surface area contributed by atoms with Gasteiger partial charge in [-0.1, -0.05) is 24.3 Å².